The number of carbonyl (C=O) groups excluding carboxylic acids is 1. The van der Waals surface area contributed by atoms with Gasteiger partial charge in [0.15, 0.2) is 0 Å². The lowest BCUT2D eigenvalue weighted by Gasteiger charge is -2.47. The molecule has 2 N–H and O–H groups in total. The van der Waals surface area contributed by atoms with Gasteiger partial charge in [-0.05, 0) is 23.9 Å². The summed E-state index contributed by atoms with van der Waals surface area (Å²) in [6.07, 6.45) is 1.76. The lowest BCUT2D eigenvalue weighted by Crippen LogP contribution is -2.70. The lowest BCUT2D eigenvalue weighted by molar-refractivity contribution is -0.0193. The van der Waals surface area contributed by atoms with Crippen molar-refractivity contribution in [1.29, 1.82) is 0 Å². The number of nitrogens with one attached hydrogen (secondary N) is 2. The average molecular weight is 360 g/mol. The van der Waals surface area contributed by atoms with Gasteiger partial charge in [0.1, 0.15) is 4.88 Å². The minimum absolute atomic E-state index is 0.100. The molecule has 1 aliphatic carbocycles. The van der Waals surface area contributed by atoms with E-state index >= 15 is 0 Å². The topological polar surface area (TPSA) is 110 Å². The Morgan fingerprint density at radius 3 is 2.78 bits per heavy atom. The molecular weight excluding hydrogens is 340 g/mol. The first-order valence-electron chi connectivity index (χ1n) is 7.50. The highest BCUT2D eigenvalue weighted by molar-refractivity contribution is 7.88. The number of hydrogen-bond acceptors (Lipinski definition) is 7. The van der Waals surface area contributed by atoms with Crippen LogP contribution >= 0.6 is 11.5 Å². The van der Waals surface area contributed by atoms with Crippen LogP contribution in [-0.2, 0) is 14.8 Å². The Hall–Kier alpha value is -1.10. The maximum atomic E-state index is 12.5. The molecule has 1 saturated carbocycles. The summed E-state index contributed by atoms with van der Waals surface area (Å²) in [6, 6.07) is -0.698. The molecule has 0 bridgehead atoms. The van der Waals surface area contributed by atoms with Crippen LogP contribution < -0.4 is 10.0 Å². The van der Waals surface area contributed by atoms with E-state index in [2.05, 4.69) is 19.6 Å². The molecule has 0 spiro atoms. The van der Waals surface area contributed by atoms with Crippen molar-refractivity contribution in [1.82, 2.24) is 19.6 Å². The Bertz CT molecular complexity index is 703. The van der Waals surface area contributed by atoms with Crippen molar-refractivity contribution in [3.63, 3.8) is 0 Å². The molecule has 1 aromatic rings. The van der Waals surface area contributed by atoms with E-state index in [-0.39, 0.29) is 29.9 Å². The van der Waals surface area contributed by atoms with E-state index in [0.717, 1.165) is 24.2 Å². The standard InChI is InChI=1S/C13H20N4O4S2/c1-6(2)8-12(22-17-15-8)13(18)14-9-7-4-5-21-11(7)10(9)16-23(3,19)20/h6-7,9-11,16H,4-5H2,1-3H3,(H,14,18)/t7-,9+,10-,11-/m1/s1. The van der Waals surface area contributed by atoms with Gasteiger partial charge in [0.25, 0.3) is 5.91 Å². The highest BCUT2D eigenvalue weighted by Crippen LogP contribution is 2.39. The predicted molar refractivity (Wildman–Crippen MR) is 84.9 cm³/mol. The fourth-order valence-electron chi connectivity index (χ4n) is 3.24. The molecule has 2 heterocycles. The van der Waals surface area contributed by atoms with E-state index in [0.29, 0.717) is 17.2 Å². The Balaban J connectivity index is 1.75. The number of aromatic nitrogens is 2. The average Bonchev–Trinajstić information content (AvgIpc) is 3.08. The van der Waals surface area contributed by atoms with Crippen molar-refractivity contribution < 1.29 is 17.9 Å². The highest BCUT2D eigenvalue weighted by atomic mass is 32.2. The molecule has 0 aromatic carbocycles. The fraction of sp³-hybridized carbons (Fsp3) is 0.769. The third-order valence-corrected chi connectivity index (χ3v) is 5.74. The molecule has 1 amide bonds. The number of nitrogens with zero attached hydrogens (tertiary/aromatic N) is 2. The molecular formula is C13H20N4O4S2. The fourth-order valence-corrected chi connectivity index (χ4v) is 4.74. The summed E-state index contributed by atoms with van der Waals surface area (Å²) in [5.74, 6) is -0.00988. The van der Waals surface area contributed by atoms with Crippen molar-refractivity contribution in [2.24, 2.45) is 5.92 Å². The number of amides is 1. The summed E-state index contributed by atoms with van der Waals surface area (Å²) >= 11 is 1.06. The summed E-state index contributed by atoms with van der Waals surface area (Å²) in [4.78, 5) is 13.0. The van der Waals surface area contributed by atoms with Crippen molar-refractivity contribution >= 4 is 27.5 Å². The van der Waals surface area contributed by atoms with E-state index in [1.807, 2.05) is 13.8 Å². The van der Waals surface area contributed by atoms with Crippen molar-refractivity contribution in [2.75, 3.05) is 12.9 Å². The van der Waals surface area contributed by atoms with Crippen LogP contribution in [0.1, 0.15) is 41.6 Å². The van der Waals surface area contributed by atoms with Gasteiger partial charge in [-0.3, -0.25) is 4.79 Å². The molecule has 128 valence electrons. The van der Waals surface area contributed by atoms with E-state index in [1.165, 1.54) is 0 Å². The second-order valence-electron chi connectivity index (χ2n) is 6.34. The van der Waals surface area contributed by atoms with Crippen LogP contribution in [-0.4, -0.2) is 55.0 Å². The predicted octanol–water partition coefficient (Wildman–Crippen LogP) is 0.0964. The zero-order chi connectivity index (χ0) is 16.8. The first-order chi connectivity index (χ1) is 10.8. The van der Waals surface area contributed by atoms with Crippen LogP contribution in [0.25, 0.3) is 0 Å². The molecule has 10 heteroatoms. The third kappa shape index (κ3) is 3.25. The van der Waals surface area contributed by atoms with Crippen LogP contribution in [0.2, 0.25) is 0 Å². The van der Waals surface area contributed by atoms with Gasteiger partial charge in [-0.25, -0.2) is 13.1 Å². The minimum Gasteiger partial charge on any atom is -0.376 e. The van der Waals surface area contributed by atoms with Crippen molar-refractivity contribution in [3.8, 4) is 0 Å². The third-order valence-electron chi connectivity index (χ3n) is 4.30. The van der Waals surface area contributed by atoms with Crippen molar-refractivity contribution in [3.05, 3.63) is 10.6 Å². The van der Waals surface area contributed by atoms with Gasteiger partial charge in [-0.1, -0.05) is 18.3 Å². The molecule has 1 aliphatic heterocycles. The molecule has 0 radical (unpaired) electrons. The van der Waals surface area contributed by atoms with Crippen LogP contribution in [0.5, 0.6) is 0 Å². The van der Waals surface area contributed by atoms with Crippen LogP contribution in [0.3, 0.4) is 0 Å². The Labute approximate surface area is 139 Å². The van der Waals surface area contributed by atoms with Crippen LogP contribution in [0.15, 0.2) is 0 Å². The van der Waals surface area contributed by atoms with Gasteiger partial charge in [0.2, 0.25) is 10.0 Å². The summed E-state index contributed by atoms with van der Waals surface area (Å²) in [7, 11) is -3.37. The number of hydrogen-bond donors (Lipinski definition) is 2. The highest BCUT2D eigenvalue weighted by Gasteiger charge is 2.55. The van der Waals surface area contributed by atoms with Gasteiger partial charge < -0.3 is 10.1 Å². The smallest absolute Gasteiger partial charge is 0.265 e. The zero-order valence-electron chi connectivity index (χ0n) is 13.1. The molecule has 3 rings (SSSR count). The lowest BCUT2D eigenvalue weighted by atomic mass is 9.72. The number of sulfonamides is 1. The first kappa shape index (κ1) is 16.7. The zero-order valence-corrected chi connectivity index (χ0v) is 14.8. The Morgan fingerprint density at radius 2 is 2.13 bits per heavy atom. The Morgan fingerprint density at radius 1 is 1.39 bits per heavy atom. The van der Waals surface area contributed by atoms with Gasteiger partial charge in [0, 0.05) is 12.5 Å². The van der Waals surface area contributed by atoms with Gasteiger partial charge >= 0.3 is 0 Å². The quantitative estimate of drug-likeness (QED) is 0.770. The summed E-state index contributed by atoms with van der Waals surface area (Å²) in [5, 5.41) is 6.95. The second-order valence-corrected chi connectivity index (χ2v) is 8.88. The van der Waals surface area contributed by atoms with E-state index < -0.39 is 16.1 Å². The van der Waals surface area contributed by atoms with Crippen LogP contribution in [0.4, 0.5) is 0 Å². The van der Waals surface area contributed by atoms with E-state index in [4.69, 9.17) is 4.74 Å². The van der Waals surface area contributed by atoms with E-state index in [9.17, 15) is 13.2 Å². The molecule has 2 fully saturated rings. The summed E-state index contributed by atoms with van der Waals surface area (Å²) in [5.41, 5.74) is 0.665. The van der Waals surface area contributed by atoms with Gasteiger partial charge in [-0.15, -0.1) is 5.10 Å². The van der Waals surface area contributed by atoms with E-state index in [1.54, 1.807) is 0 Å². The molecule has 8 nitrogen and oxygen atoms in total. The monoisotopic (exact) mass is 360 g/mol. The molecule has 4 atom stereocenters. The largest absolute Gasteiger partial charge is 0.376 e. The molecule has 1 aromatic heterocycles. The normalized spacial score (nSPS) is 30.1. The number of ether oxygens (including phenoxy) is 1. The van der Waals surface area contributed by atoms with Gasteiger partial charge in [-0.2, -0.15) is 0 Å². The molecule has 23 heavy (non-hydrogen) atoms. The number of rotatable bonds is 5. The Kier molecular flexibility index (Phi) is 4.43. The summed E-state index contributed by atoms with van der Waals surface area (Å²) in [6.45, 7) is 4.49. The second kappa shape index (κ2) is 6.08. The molecule has 1 saturated heterocycles. The SMILES string of the molecule is CC(C)c1nnsc1C(=O)N[C@H]1[C@H]2CCO[C@H]2[C@@H]1NS(C)(=O)=O. The van der Waals surface area contributed by atoms with Crippen LogP contribution in [0, 0.1) is 5.92 Å². The number of carbonyl (C=O) groups is 1. The first-order valence-corrected chi connectivity index (χ1v) is 10.2. The molecule has 2 aliphatic rings. The maximum absolute atomic E-state index is 12.5. The number of fused-ring (bicyclic) bond motifs is 1. The molecule has 0 unspecified atom stereocenters. The maximum Gasteiger partial charge on any atom is 0.265 e. The van der Waals surface area contributed by atoms with Gasteiger partial charge in [0.05, 0.1) is 30.1 Å². The minimum atomic E-state index is -3.37. The van der Waals surface area contributed by atoms with Crippen molar-refractivity contribution in [2.45, 2.75) is 44.4 Å². The summed E-state index contributed by atoms with van der Waals surface area (Å²) < 4.78 is 35.1.